The number of anilines is 1. The van der Waals surface area contributed by atoms with Crippen molar-refractivity contribution in [1.82, 2.24) is 14.3 Å². The van der Waals surface area contributed by atoms with Crippen molar-refractivity contribution in [3.63, 3.8) is 0 Å². The number of hydrogen-bond acceptors (Lipinski definition) is 2. The average Bonchev–Trinajstić information content (AvgIpc) is 3.01. The van der Waals surface area contributed by atoms with Gasteiger partial charge in [-0.15, -0.1) is 0 Å². The lowest BCUT2D eigenvalue weighted by atomic mass is 10.1. The van der Waals surface area contributed by atoms with Crippen LogP contribution >= 0.6 is 0 Å². The number of carbonyl (C=O) groups excluding carboxylic acids is 1. The van der Waals surface area contributed by atoms with Gasteiger partial charge in [0.25, 0.3) is 0 Å². The fourth-order valence-corrected chi connectivity index (χ4v) is 2.58. The summed E-state index contributed by atoms with van der Waals surface area (Å²) in [4.78, 5) is 12.0. The molecule has 108 valence electrons. The van der Waals surface area contributed by atoms with Crippen molar-refractivity contribution in [1.29, 1.82) is 0 Å². The van der Waals surface area contributed by atoms with Gasteiger partial charge in [-0.3, -0.25) is 9.48 Å². The highest BCUT2D eigenvalue weighted by molar-refractivity contribution is 5.91. The molecule has 0 aliphatic rings. The summed E-state index contributed by atoms with van der Waals surface area (Å²) in [5.41, 5.74) is 3.13. The molecule has 0 bridgehead atoms. The number of amides is 1. The van der Waals surface area contributed by atoms with E-state index in [9.17, 15) is 4.79 Å². The molecule has 0 aliphatic heterocycles. The number of aryl methyl sites for hydroxylation is 3. The molecule has 2 aromatic heterocycles. The first-order valence-electron chi connectivity index (χ1n) is 6.95. The predicted molar refractivity (Wildman–Crippen MR) is 83.1 cm³/mol. The van der Waals surface area contributed by atoms with E-state index in [1.54, 1.807) is 17.1 Å². The highest BCUT2D eigenvalue weighted by Crippen LogP contribution is 2.21. The molecule has 0 spiro atoms. The molecule has 21 heavy (non-hydrogen) atoms. The first-order valence-corrected chi connectivity index (χ1v) is 6.95. The summed E-state index contributed by atoms with van der Waals surface area (Å²) in [7, 11) is 3.85. The smallest absolute Gasteiger partial charge is 0.224 e. The van der Waals surface area contributed by atoms with Gasteiger partial charge in [0.1, 0.15) is 0 Å². The minimum Gasteiger partial charge on any atom is -0.350 e. The maximum Gasteiger partial charge on any atom is 0.224 e. The van der Waals surface area contributed by atoms with E-state index < -0.39 is 0 Å². The minimum atomic E-state index is 0.0101. The van der Waals surface area contributed by atoms with E-state index in [2.05, 4.69) is 33.3 Å². The second-order valence-electron chi connectivity index (χ2n) is 5.23. The number of fused-ring (bicyclic) bond motifs is 1. The molecular weight excluding hydrogens is 264 g/mol. The molecule has 5 heteroatoms. The molecule has 0 radical (unpaired) electrons. The molecule has 0 aliphatic carbocycles. The van der Waals surface area contributed by atoms with E-state index in [4.69, 9.17) is 0 Å². The number of aromatic nitrogens is 3. The van der Waals surface area contributed by atoms with E-state index in [-0.39, 0.29) is 5.91 Å². The lowest BCUT2D eigenvalue weighted by Crippen LogP contribution is -2.11. The van der Waals surface area contributed by atoms with E-state index in [0.29, 0.717) is 6.42 Å². The summed E-state index contributed by atoms with van der Waals surface area (Å²) >= 11 is 0. The van der Waals surface area contributed by atoms with Crippen molar-refractivity contribution in [2.24, 2.45) is 14.1 Å². The fraction of sp³-hybridized carbons (Fsp3) is 0.250. The third-order valence-corrected chi connectivity index (χ3v) is 3.59. The number of nitrogens with one attached hydrogen (secondary N) is 1. The largest absolute Gasteiger partial charge is 0.350 e. The van der Waals surface area contributed by atoms with Crippen molar-refractivity contribution in [3.8, 4) is 0 Å². The van der Waals surface area contributed by atoms with Crippen LogP contribution in [0.4, 0.5) is 5.69 Å². The number of para-hydroxylation sites is 1. The molecule has 3 rings (SSSR count). The number of nitrogens with zero attached hydrogens (tertiary/aromatic N) is 3. The van der Waals surface area contributed by atoms with Crippen molar-refractivity contribution >= 4 is 22.5 Å². The predicted octanol–water partition coefficient (Wildman–Crippen LogP) is 2.48. The van der Waals surface area contributed by atoms with Gasteiger partial charge >= 0.3 is 0 Å². The van der Waals surface area contributed by atoms with Gasteiger partial charge in [-0.2, -0.15) is 5.10 Å². The summed E-state index contributed by atoms with van der Waals surface area (Å²) in [6.45, 7) is 0. The Balaban J connectivity index is 1.67. The van der Waals surface area contributed by atoms with Crippen LogP contribution in [-0.2, 0) is 25.3 Å². The zero-order valence-electron chi connectivity index (χ0n) is 12.2. The number of hydrogen-bond donors (Lipinski definition) is 1. The first kappa shape index (κ1) is 13.4. The average molecular weight is 282 g/mol. The fourth-order valence-electron chi connectivity index (χ4n) is 2.58. The molecule has 0 saturated carbocycles. The monoisotopic (exact) mass is 282 g/mol. The molecule has 1 N–H and O–H groups in total. The Morgan fingerprint density at radius 3 is 2.81 bits per heavy atom. The van der Waals surface area contributed by atoms with E-state index in [0.717, 1.165) is 12.1 Å². The van der Waals surface area contributed by atoms with E-state index >= 15 is 0 Å². The summed E-state index contributed by atoms with van der Waals surface area (Å²) < 4.78 is 3.77. The Hall–Kier alpha value is -2.56. The zero-order chi connectivity index (χ0) is 14.8. The van der Waals surface area contributed by atoms with Crippen molar-refractivity contribution in [2.75, 3.05) is 5.32 Å². The second-order valence-corrected chi connectivity index (χ2v) is 5.23. The second kappa shape index (κ2) is 5.44. The zero-order valence-corrected chi connectivity index (χ0v) is 12.2. The topological polar surface area (TPSA) is 51.9 Å². The van der Waals surface area contributed by atoms with Gasteiger partial charge in [0, 0.05) is 43.8 Å². The normalized spacial score (nSPS) is 11.0. The highest BCUT2D eigenvalue weighted by atomic mass is 16.1. The van der Waals surface area contributed by atoms with Gasteiger partial charge < -0.3 is 9.88 Å². The Morgan fingerprint density at radius 1 is 1.24 bits per heavy atom. The Kier molecular flexibility index (Phi) is 3.48. The summed E-state index contributed by atoms with van der Waals surface area (Å²) in [6.07, 6.45) is 6.73. The number of rotatable bonds is 4. The highest BCUT2D eigenvalue weighted by Gasteiger charge is 2.09. The quantitative estimate of drug-likeness (QED) is 0.799. The van der Waals surface area contributed by atoms with Gasteiger partial charge in [-0.25, -0.2) is 0 Å². The van der Waals surface area contributed by atoms with Gasteiger partial charge in [-0.05, 0) is 18.1 Å². The van der Waals surface area contributed by atoms with E-state index in [1.807, 2.05) is 26.2 Å². The van der Waals surface area contributed by atoms with Crippen LogP contribution in [0, 0.1) is 0 Å². The van der Waals surface area contributed by atoms with Gasteiger partial charge in [-0.1, -0.05) is 18.2 Å². The summed E-state index contributed by atoms with van der Waals surface area (Å²) in [6, 6.07) is 8.25. The van der Waals surface area contributed by atoms with Crippen molar-refractivity contribution in [3.05, 3.63) is 48.4 Å². The summed E-state index contributed by atoms with van der Waals surface area (Å²) in [5.74, 6) is 0.0101. The molecule has 0 atom stereocenters. The third-order valence-electron chi connectivity index (χ3n) is 3.59. The van der Waals surface area contributed by atoms with Crippen LogP contribution in [-0.4, -0.2) is 20.3 Å². The van der Waals surface area contributed by atoms with Gasteiger partial charge in [0.15, 0.2) is 0 Å². The Labute approximate surface area is 123 Å². The number of carbonyl (C=O) groups is 1. The van der Waals surface area contributed by atoms with Crippen LogP contribution < -0.4 is 5.32 Å². The molecule has 0 fully saturated rings. The SMILES string of the molecule is Cn1cc(NC(=O)CCc2cn(C)c3ccccc23)cn1. The standard InChI is InChI=1S/C16H18N4O/c1-19-10-12(14-5-3-4-6-15(14)19)7-8-16(21)18-13-9-17-20(2)11-13/h3-6,9-11H,7-8H2,1-2H3,(H,18,21). The van der Waals surface area contributed by atoms with Crippen LogP contribution in [0.3, 0.4) is 0 Å². The summed E-state index contributed by atoms with van der Waals surface area (Å²) in [5, 5.41) is 8.11. The van der Waals surface area contributed by atoms with Crippen LogP contribution in [0.15, 0.2) is 42.9 Å². The Morgan fingerprint density at radius 2 is 2.05 bits per heavy atom. The van der Waals surface area contributed by atoms with Crippen LogP contribution in [0.5, 0.6) is 0 Å². The molecule has 1 amide bonds. The first-order chi connectivity index (χ1) is 10.1. The molecule has 0 unspecified atom stereocenters. The molecule has 2 heterocycles. The molecule has 5 nitrogen and oxygen atoms in total. The lowest BCUT2D eigenvalue weighted by Gasteiger charge is -2.02. The van der Waals surface area contributed by atoms with Crippen LogP contribution in [0.25, 0.3) is 10.9 Å². The van der Waals surface area contributed by atoms with Gasteiger partial charge in [0.05, 0.1) is 11.9 Å². The number of benzene rings is 1. The molecule has 1 aromatic carbocycles. The minimum absolute atomic E-state index is 0.0101. The lowest BCUT2D eigenvalue weighted by molar-refractivity contribution is -0.116. The molecule has 0 saturated heterocycles. The maximum atomic E-state index is 12.0. The van der Waals surface area contributed by atoms with Crippen molar-refractivity contribution < 1.29 is 4.79 Å². The molecular formula is C16H18N4O. The van der Waals surface area contributed by atoms with Crippen LogP contribution in [0.1, 0.15) is 12.0 Å². The van der Waals surface area contributed by atoms with Gasteiger partial charge in [0.2, 0.25) is 5.91 Å². The van der Waals surface area contributed by atoms with Crippen molar-refractivity contribution in [2.45, 2.75) is 12.8 Å². The third kappa shape index (κ3) is 2.81. The van der Waals surface area contributed by atoms with Crippen LogP contribution in [0.2, 0.25) is 0 Å². The van der Waals surface area contributed by atoms with E-state index in [1.165, 1.54) is 16.5 Å². The Bertz CT molecular complexity index is 785. The molecule has 3 aromatic rings. The maximum absolute atomic E-state index is 12.0.